The monoisotopic (exact) mass is 420 g/mol. The number of anilines is 2. The highest BCUT2D eigenvalue weighted by atomic mass is 16.2. The fourth-order valence-corrected chi connectivity index (χ4v) is 3.48. The zero-order valence-corrected chi connectivity index (χ0v) is 17.7. The summed E-state index contributed by atoms with van der Waals surface area (Å²) in [6, 6.07) is 14.1. The van der Waals surface area contributed by atoms with E-state index in [-0.39, 0.29) is 23.8 Å². The molecule has 2 aromatic carbocycles. The van der Waals surface area contributed by atoms with E-state index in [9.17, 15) is 14.4 Å². The fourth-order valence-electron chi connectivity index (χ4n) is 3.48. The highest BCUT2D eigenvalue weighted by Gasteiger charge is 2.29. The highest BCUT2D eigenvalue weighted by Crippen LogP contribution is 2.21. The van der Waals surface area contributed by atoms with Gasteiger partial charge in [-0.15, -0.1) is 6.58 Å². The van der Waals surface area contributed by atoms with E-state index < -0.39 is 0 Å². The topological polar surface area (TPSA) is 90.5 Å². The van der Waals surface area contributed by atoms with E-state index in [0.717, 1.165) is 18.4 Å². The number of likely N-dealkylation sites (tertiary alicyclic amines) is 1. The second-order valence-corrected chi connectivity index (χ2v) is 7.65. The number of hydrogen-bond acceptors (Lipinski definition) is 3. The highest BCUT2D eigenvalue weighted by molar-refractivity contribution is 5.96. The number of nitrogens with one attached hydrogen (secondary N) is 3. The summed E-state index contributed by atoms with van der Waals surface area (Å²) in [5, 5.41) is 8.25. The Labute approximate surface area is 182 Å². The molecule has 0 aliphatic carbocycles. The second-order valence-electron chi connectivity index (χ2n) is 7.65. The van der Waals surface area contributed by atoms with Gasteiger partial charge >= 0.3 is 6.03 Å². The lowest BCUT2D eigenvalue weighted by Crippen LogP contribution is -2.43. The Hall–Kier alpha value is -3.61. The van der Waals surface area contributed by atoms with Gasteiger partial charge in [-0.2, -0.15) is 0 Å². The standard InChI is InChI=1S/C24H28N4O3/c1-3-14-25-24(31)27-21-12-10-20(11-13-21)26-22(29)19-5-4-15-28(16-19)23(30)18-8-6-17(2)7-9-18/h3,6-13,19H,1,4-5,14-16H2,2H3,(H,26,29)(H2,25,27,31). The molecule has 3 N–H and O–H groups in total. The van der Waals surface area contributed by atoms with E-state index >= 15 is 0 Å². The van der Waals surface area contributed by atoms with Crippen LogP contribution in [0.1, 0.15) is 28.8 Å². The molecule has 0 bridgehead atoms. The van der Waals surface area contributed by atoms with Gasteiger partial charge in [0.2, 0.25) is 5.91 Å². The number of rotatable bonds is 6. The molecule has 3 rings (SSSR count). The summed E-state index contributed by atoms with van der Waals surface area (Å²) < 4.78 is 0. The predicted molar refractivity (Wildman–Crippen MR) is 122 cm³/mol. The smallest absolute Gasteiger partial charge is 0.319 e. The van der Waals surface area contributed by atoms with Crippen LogP contribution in [-0.2, 0) is 4.79 Å². The molecule has 1 saturated heterocycles. The van der Waals surface area contributed by atoms with Crippen LogP contribution in [0.4, 0.5) is 16.2 Å². The van der Waals surface area contributed by atoms with Crippen molar-refractivity contribution >= 4 is 29.2 Å². The number of benzene rings is 2. The van der Waals surface area contributed by atoms with Gasteiger partial charge in [0.05, 0.1) is 5.92 Å². The van der Waals surface area contributed by atoms with Crippen molar-refractivity contribution in [3.05, 3.63) is 72.3 Å². The maximum Gasteiger partial charge on any atom is 0.319 e. The Kier molecular flexibility index (Phi) is 7.43. The fraction of sp³-hybridized carbons (Fsp3) is 0.292. The molecule has 0 spiro atoms. The first-order valence-corrected chi connectivity index (χ1v) is 10.4. The molecule has 1 heterocycles. The zero-order chi connectivity index (χ0) is 22.2. The molecule has 7 heteroatoms. The van der Waals surface area contributed by atoms with Gasteiger partial charge in [-0.25, -0.2) is 4.79 Å². The molecule has 1 aliphatic heterocycles. The average Bonchev–Trinajstić information content (AvgIpc) is 2.79. The average molecular weight is 421 g/mol. The Morgan fingerprint density at radius 2 is 1.68 bits per heavy atom. The van der Waals surface area contributed by atoms with Crippen molar-refractivity contribution in [1.82, 2.24) is 10.2 Å². The van der Waals surface area contributed by atoms with Crippen LogP contribution < -0.4 is 16.0 Å². The number of carbonyl (C=O) groups excluding carboxylic acids is 3. The van der Waals surface area contributed by atoms with Crippen molar-refractivity contribution < 1.29 is 14.4 Å². The molecular weight excluding hydrogens is 392 g/mol. The lowest BCUT2D eigenvalue weighted by Gasteiger charge is -2.32. The summed E-state index contributed by atoms with van der Waals surface area (Å²) in [5.41, 5.74) is 3.01. The van der Waals surface area contributed by atoms with Crippen LogP contribution in [0.25, 0.3) is 0 Å². The molecule has 4 amide bonds. The summed E-state index contributed by atoms with van der Waals surface area (Å²) in [6.07, 6.45) is 3.13. The predicted octanol–water partition coefficient (Wildman–Crippen LogP) is 3.79. The van der Waals surface area contributed by atoms with Crippen LogP contribution in [0.5, 0.6) is 0 Å². The first-order valence-electron chi connectivity index (χ1n) is 10.4. The molecule has 1 unspecified atom stereocenters. The van der Waals surface area contributed by atoms with Crippen molar-refractivity contribution in [3.63, 3.8) is 0 Å². The molecule has 2 aromatic rings. The Bertz CT molecular complexity index is 938. The minimum atomic E-state index is -0.322. The Morgan fingerprint density at radius 1 is 1.03 bits per heavy atom. The zero-order valence-electron chi connectivity index (χ0n) is 17.7. The third-order valence-corrected chi connectivity index (χ3v) is 5.20. The Balaban J connectivity index is 1.55. The molecule has 7 nitrogen and oxygen atoms in total. The van der Waals surface area contributed by atoms with Crippen LogP contribution in [0.2, 0.25) is 0 Å². The minimum Gasteiger partial charge on any atom is -0.338 e. The van der Waals surface area contributed by atoms with Gasteiger partial charge in [-0.3, -0.25) is 9.59 Å². The molecule has 0 radical (unpaired) electrons. The molecule has 1 aliphatic rings. The van der Waals surface area contributed by atoms with Crippen molar-refractivity contribution in [2.45, 2.75) is 19.8 Å². The van der Waals surface area contributed by atoms with Crippen molar-refractivity contribution in [1.29, 1.82) is 0 Å². The van der Waals surface area contributed by atoms with E-state index in [1.54, 1.807) is 35.2 Å². The summed E-state index contributed by atoms with van der Waals surface area (Å²) in [7, 11) is 0. The number of urea groups is 1. The van der Waals surface area contributed by atoms with Crippen molar-refractivity contribution in [2.24, 2.45) is 5.92 Å². The van der Waals surface area contributed by atoms with Crippen LogP contribution in [0.3, 0.4) is 0 Å². The van der Waals surface area contributed by atoms with Gasteiger partial charge in [0.1, 0.15) is 0 Å². The first-order chi connectivity index (χ1) is 15.0. The second kappa shape index (κ2) is 10.4. The van der Waals surface area contributed by atoms with E-state index in [0.29, 0.717) is 36.6 Å². The van der Waals surface area contributed by atoms with Crippen LogP contribution in [0, 0.1) is 12.8 Å². The molecule has 162 valence electrons. The summed E-state index contributed by atoms with van der Waals surface area (Å²) >= 11 is 0. The number of carbonyl (C=O) groups is 3. The van der Waals surface area contributed by atoms with E-state index in [2.05, 4.69) is 22.5 Å². The van der Waals surface area contributed by atoms with E-state index in [1.165, 1.54) is 0 Å². The van der Waals surface area contributed by atoms with Gasteiger partial charge < -0.3 is 20.9 Å². The number of aryl methyl sites for hydroxylation is 1. The van der Waals surface area contributed by atoms with Crippen LogP contribution in [0.15, 0.2) is 61.2 Å². The summed E-state index contributed by atoms with van der Waals surface area (Å²) in [6.45, 7) is 6.97. The van der Waals surface area contributed by atoms with Gasteiger partial charge in [0, 0.05) is 36.6 Å². The molecule has 31 heavy (non-hydrogen) atoms. The molecule has 1 atom stereocenters. The van der Waals surface area contributed by atoms with Crippen LogP contribution in [-0.4, -0.2) is 42.4 Å². The minimum absolute atomic E-state index is 0.0392. The summed E-state index contributed by atoms with van der Waals surface area (Å²) in [4.78, 5) is 39.0. The van der Waals surface area contributed by atoms with Gasteiger partial charge in [-0.05, 0) is 56.2 Å². The summed E-state index contributed by atoms with van der Waals surface area (Å²) in [5.74, 6) is -0.404. The number of piperidine rings is 1. The van der Waals surface area contributed by atoms with Crippen molar-refractivity contribution in [3.8, 4) is 0 Å². The third-order valence-electron chi connectivity index (χ3n) is 5.20. The maximum absolute atomic E-state index is 12.8. The van der Waals surface area contributed by atoms with Gasteiger partial charge in [0.15, 0.2) is 0 Å². The lowest BCUT2D eigenvalue weighted by molar-refractivity contribution is -0.121. The molecule has 0 aromatic heterocycles. The van der Waals surface area contributed by atoms with Gasteiger partial charge in [0.25, 0.3) is 5.91 Å². The van der Waals surface area contributed by atoms with Gasteiger partial charge in [-0.1, -0.05) is 23.8 Å². The lowest BCUT2D eigenvalue weighted by atomic mass is 9.96. The quantitative estimate of drug-likeness (QED) is 0.621. The van der Waals surface area contributed by atoms with Crippen LogP contribution >= 0.6 is 0 Å². The number of nitrogens with zero attached hydrogens (tertiary/aromatic N) is 1. The molecule has 0 saturated carbocycles. The number of hydrogen-bond donors (Lipinski definition) is 3. The Morgan fingerprint density at radius 3 is 2.32 bits per heavy atom. The largest absolute Gasteiger partial charge is 0.338 e. The first kappa shape index (κ1) is 22.1. The maximum atomic E-state index is 12.8. The third kappa shape index (κ3) is 6.18. The normalized spacial score (nSPS) is 15.6. The number of amides is 4. The molecule has 1 fully saturated rings. The molecular formula is C24H28N4O3. The van der Waals surface area contributed by atoms with E-state index in [1.807, 2.05) is 31.2 Å². The van der Waals surface area contributed by atoms with E-state index in [4.69, 9.17) is 0 Å². The SMILES string of the molecule is C=CCNC(=O)Nc1ccc(NC(=O)C2CCCN(C(=O)c3ccc(C)cc3)C2)cc1. The van der Waals surface area contributed by atoms with Crippen molar-refractivity contribution in [2.75, 3.05) is 30.3 Å².